The van der Waals surface area contributed by atoms with Crippen LogP contribution in [-0.2, 0) is 4.79 Å². The fourth-order valence-corrected chi connectivity index (χ4v) is 5.03. The zero-order valence-electron chi connectivity index (χ0n) is 16.4. The second-order valence-corrected chi connectivity index (χ2v) is 8.66. The van der Waals surface area contributed by atoms with Gasteiger partial charge in [-0.1, -0.05) is 108 Å². The van der Waals surface area contributed by atoms with Crippen molar-refractivity contribution < 1.29 is 4.79 Å². The lowest BCUT2D eigenvalue weighted by molar-refractivity contribution is -0.124. The van der Waals surface area contributed by atoms with Gasteiger partial charge < -0.3 is 5.32 Å². The summed E-state index contributed by atoms with van der Waals surface area (Å²) >= 11 is 3.68. The van der Waals surface area contributed by atoms with Crippen LogP contribution in [0.25, 0.3) is 0 Å². The maximum atomic E-state index is 13.7. The van der Waals surface area contributed by atoms with Gasteiger partial charge in [0.15, 0.2) is 0 Å². The normalized spacial score (nSPS) is 16.3. The highest BCUT2D eigenvalue weighted by Crippen LogP contribution is 2.38. The smallest absolute Gasteiger partial charge is 0.228 e. The summed E-state index contributed by atoms with van der Waals surface area (Å²) in [5, 5.41) is 3.40. The van der Waals surface area contributed by atoms with Gasteiger partial charge in [0.1, 0.15) is 0 Å². The maximum Gasteiger partial charge on any atom is 0.228 e. The highest BCUT2D eigenvalue weighted by molar-refractivity contribution is 9.10. The second-order valence-electron chi connectivity index (χ2n) is 7.81. The monoisotopic (exact) mass is 447 g/mol. The molecule has 148 valence electrons. The molecule has 3 heteroatoms. The summed E-state index contributed by atoms with van der Waals surface area (Å²) in [5.41, 5.74) is 3.28. The largest absolute Gasteiger partial charge is 0.345 e. The van der Waals surface area contributed by atoms with E-state index >= 15 is 0 Å². The average molecular weight is 448 g/mol. The number of rotatable bonds is 6. The van der Waals surface area contributed by atoms with Gasteiger partial charge in [-0.15, -0.1) is 0 Å². The van der Waals surface area contributed by atoms with Crippen LogP contribution in [0.5, 0.6) is 0 Å². The molecule has 0 heterocycles. The van der Waals surface area contributed by atoms with Crippen LogP contribution in [0.3, 0.4) is 0 Å². The Balaban J connectivity index is 1.68. The van der Waals surface area contributed by atoms with E-state index in [-0.39, 0.29) is 17.9 Å². The Bertz CT molecular complexity index is 935. The first-order valence-electron chi connectivity index (χ1n) is 10.4. The average Bonchev–Trinajstić information content (AvgIpc) is 3.28. The zero-order valence-corrected chi connectivity index (χ0v) is 18.0. The van der Waals surface area contributed by atoms with E-state index in [2.05, 4.69) is 51.6 Å². The Morgan fingerprint density at radius 2 is 1.34 bits per heavy atom. The Kier molecular flexibility index (Phi) is 6.46. The summed E-state index contributed by atoms with van der Waals surface area (Å²) in [4.78, 5) is 13.7. The van der Waals surface area contributed by atoms with Crippen LogP contribution in [0.4, 0.5) is 0 Å². The molecule has 0 saturated heterocycles. The number of carbonyl (C=O) groups is 1. The van der Waals surface area contributed by atoms with Crippen LogP contribution in [0.1, 0.15) is 54.3 Å². The van der Waals surface area contributed by atoms with Crippen LogP contribution in [0, 0.1) is 5.92 Å². The van der Waals surface area contributed by atoms with Gasteiger partial charge in [0, 0.05) is 4.47 Å². The molecule has 0 radical (unpaired) electrons. The molecular formula is C26H26BrNO. The molecule has 0 aliphatic heterocycles. The maximum absolute atomic E-state index is 13.7. The van der Waals surface area contributed by atoms with E-state index in [9.17, 15) is 4.79 Å². The molecule has 29 heavy (non-hydrogen) atoms. The van der Waals surface area contributed by atoms with E-state index in [0.29, 0.717) is 5.92 Å². The van der Waals surface area contributed by atoms with Crippen molar-refractivity contribution >= 4 is 21.8 Å². The van der Waals surface area contributed by atoms with Crippen molar-refractivity contribution in [2.24, 2.45) is 5.92 Å². The molecular weight excluding hydrogens is 422 g/mol. The van der Waals surface area contributed by atoms with Crippen LogP contribution in [0.15, 0.2) is 89.4 Å². The van der Waals surface area contributed by atoms with Gasteiger partial charge in [0.25, 0.3) is 0 Å². The molecule has 1 N–H and O–H groups in total. The lowest BCUT2D eigenvalue weighted by atomic mass is 9.83. The molecule has 0 bridgehead atoms. The number of hydrogen-bond donors (Lipinski definition) is 1. The van der Waals surface area contributed by atoms with Gasteiger partial charge in [-0.3, -0.25) is 4.79 Å². The predicted octanol–water partition coefficient (Wildman–Crippen LogP) is 6.63. The van der Waals surface area contributed by atoms with Crippen LogP contribution in [0.2, 0.25) is 0 Å². The van der Waals surface area contributed by atoms with E-state index in [0.717, 1.165) is 34.0 Å². The minimum Gasteiger partial charge on any atom is -0.345 e. The standard InChI is InChI=1S/C26H26BrNO/c27-23-18-10-9-17-22(23)25(21-15-5-2-6-16-21)28-26(29)24(20-13-7-8-14-20)19-11-3-1-4-12-19/h1-6,9-12,15-18,20,24-25H,7-8,13-14H2,(H,28,29)/t24-,25-/m1/s1. The molecule has 2 nitrogen and oxygen atoms in total. The van der Waals surface area contributed by atoms with Crippen molar-refractivity contribution in [3.8, 4) is 0 Å². The highest BCUT2D eigenvalue weighted by Gasteiger charge is 2.33. The van der Waals surface area contributed by atoms with Gasteiger partial charge in [0.2, 0.25) is 5.91 Å². The van der Waals surface area contributed by atoms with Crippen molar-refractivity contribution in [2.75, 3.05) is 0 Å². The van der Waals surface area contributed by atoms with Crippen molar-refractivity contribution in [1.82, 2.24) is 5.32 Å². The van der Waals surface area contributed by atoms with Gasteiger partial charge in [0.05, 0.1) is 12.0 Å². The summed E-state index contributed by atoms with van der Waals surface area (Å²) in [7, 11) is 0. The zero-order chi connectivity index (χ0) is 20.1. The Morgan fingerprint density at radius 1 is 0.793 bits per heavy atom. The molecule has 1 aliphatic carbocycles. The van der Waals surface area contributed by atoms with Crippen molar-refractivity contribution in [2.45, 2.75) is 37.6 Å². The van der Waals surface area contributed by atoms with E-state index in [1.54, 1.807) is 0 Å². The van der Waals surface area contributed by atoms with Gasteiger partial charge in [-0.25, -0.2) is 0 Å². The van der Waals surface area contributed by atoms with Crippen molar-refractivity contribution in [3.63, 3.8) is 0 Å². The summed E-state index contributed by atoms with van der Waals surface area (Å²) < 4.78 is 1.01. The van der Waals surface area contributed by atoms with Gasteiger partial charge >= 0.3 is 0 Å². The Morgan fingerprint density at radius 3 is 1.97 bits per heavy atom. The van der Waals surface area contributed by atoms with Crippen LogP contribution < -0.4 is 5.32 Å². The lowest BCUT2D eigenvalue weighted by Gasteiger charge is -2.27. The third-order valence-electron chi connectivity index (χ3n) is 5.95. The minimum atomic E-state index is -0.188. The van der Waals surface area contributed by atoms with Crippen molar-refractivity contribution in [3.05, 3.63) is 106 Å². The topological polar surface area (TPSA) is 29.1 Å². The third kappa shape index (κ3) is 4.62. The number of benzene rings is 3. The molecule has 3 aromatic carbocycles. The van der Waals surface area contributed by atoms with E-state index in [4.69, 9.17) is 0 Å². The predicted molar refractivity (Wildman–Crippen MR) is 122 cm³/mol. The number of hydrogen-bond acceptors (Lipinski definition) is 1. The molecule has 1 fully saturated rings. The van der Waals surface area contributed by atoms with Gasteiger partial charge in [-0.2, -0.15) is 0 Å². The number of halogens is 1. The fourth-order valence-electron chi connectivity index (χ4n) is 4.52. The molecule has 0 spiro atoms. The molecule has 0 unspecified atom stereocenters. The van der Waals surface area contributed by atoms with Crippen molar-refractivity contribution in [1.29, 1.82) is 0 Å². The van der Waals surface area contributed by atoms with Crippen LogP contribution in [-0.4, -0.2) is 5.91 Å². The first kappa shape index (κ1) is 19.9. The van der Waals surface area contributed by atoms with E-state index < -0.39 is 0 Å². The molecule has 4 rings (SSSR count). The number of amides is 1. The molecule has 1 amide bonds. The Hall–Kier alpha value is -2.39. The first-order valence-corrected chi connectivity index (χ1v) is 11.2. The first-order chi connectivity index (χ1) is 14.2. The second kappa shape index (κ2) is 9.41. The van der Waals surface area contributed by atoms with E-state index in [1.807, 2.05) is 54.6 Å². The molecule has 1 aliphatic rings. The Labute approximate surface area is 181 Å². The SMILES string of the molecule is O=C(N[C@H](c1ccccc1)c1ccccc1Br)[C@H](c1ccccc1)C1CCCC1. The quantitative estimate of drug-likeness (QED) is 0.451. The molecule has 0 aromatic heterocycles. The van der Waals surface area contributed by atoms with Crippen LogP contribution >= 0.6 is 15.9 Å². The lowest BCUT2D eigenvalue weighted by Crippen LogP contribution is -2.36. The fraction of sp³-hybridized carbons (Fsp3) is 0.269. The summed E-state index contributed by atoms with van der Waals surface area (Å²) in [6, 6.07) is 28.4. The summed E-state index contributed by atoms with van der Waals surface area (Å²) in [5.74, 6) is 0.424. The number of nitrogens with one attached hydrogen (secondary N) is 1. The number of carbonyl (C=O) groups excluding carboxylic acids is 1. The molecule has 1 saturated carbocycles. The minimum absolute atomic E-state index is 0.104. The summed E-state index contributed by atoms with van der Waals surface area (Å²) in [6.07, 6.45) is 4.68. The molecule has 2 atom stereocenters. The van der Waals surface area contributed by atoms with E-state index in [1.165, 1.54) is 12.8 Å². The third-order valence-corrected chi connectivity index (χ3v) is 6.67. The summed E-state index contributed by atoms with van der Waals surface area (Å²) in [6.45, 7) is 0. The molecule has 3 aromatic rings. The highest BCUT2D eigenvalue weighted by atomic mass is 79.9. The van der Waals surface area contributed by atoms with Gasteiger partial charge in [-0.05, 0) is 41.5 Å².